The fraction of sp³-hybridized carbons (Fsp3) is 0.850. The number of unbranched alkanes of at least 4 members (excludes halogenated alkanes) is 23. The lowest BCUT2D eigenvalue weighted by atomic mass is 10.1. The van der Waals surface area contributed by atoms with Gasteiger partial charge in [0, 0.05) is 25.9 Å². The van der Waals surface area contributed by atoms with E-state index in [0.717, 1.165) is 38.5 Å². The molecule has 0 aliphatic rings. The van der Waals surface area contributed by atoms with Crippen LogP contribution in [0.15, 0.2) is 24.3 Å². The van der Waals surface area contributed by atoms with Gasteiger partial charge in [-0.3, -0.25) is 9.59 Å². The van der Waals surface area contributed by atoms with Crippen molar-refractivity contribution in [1.82, 2.24) is 10.6 Å². The van der Waals surface area contributed by atoms with Crippen molar-refractivity contribution >= 4 is 11.8 Å². The average Bonchev–Trinajstić information content (AvgIpc) is 3.02. The number of carbonyl (C=O) groups excluding carboxylic acids is 2. The van der Waals surface area contributed by atoms with E-state index in [9.17, 15) is 9.59 Å². The molecule has 0 heterocycles. The Labute approximate surface area is 275 Å². The highest BCUT2D eigenvalue weighted by atomic mass is 16.2. The first kappa shape index (κ1) is 42.4. The molecule has 0 saturated heterocycles. The highest BCUT2D eigenvalue weighted by Crippen LogP contribution is 2.11. The molecular formula is C40H76N2O2. The molecule has 0 aliphatic heterocycles. The SMILES string of the molecule is CCCCCCCC/C=C/CCCCCCCC(=O)NCCCCNC(=O)CCCCCCC/C=C/CCCCCCCC. The highest BCUT2D eigenvalue weighted by molar-refractivity contribution is 5.76. The van der Waals surface area contributed by atoms with E-state index in [-0.39, 0.29) is 11.8 Å². The Kier molecular flexibility index (Phi) is 36.3. The molecule has 258 valence electrons. The van der Waals surface area contributed by atoms with Crippen molar-refractivity contribution in [1.29, 1.82) is 0 Å². The van der Waals surface area contributed by atoms with E-state index in [0.29, 0.717) is 25.9 Å². The van der Waals surface area contributed by atoms with Gasteiger partial charge in [-0.05, 0) is 77.0 Å². The van der Waals surface area contributed by atoms with E-state index in [2.05, 4.69) is 48.8 Å². The van der Waals surface area contributed by atoms with Gasteiger partial charge in [0.05, 0.1) is 0 Å². The smallest absolute Gasteiger partial charge is 0.219 e. The molecular weight excluding hydrogens is 540 g/mol. The van der Waals surface area contributed by atoms with Crippen molar-refractivity contribution in [3.63, 3.8) is 0 Å². The molecule has 0 saturated carbocycles. The van der Waals surface area contributed by atoms with Crippen molar-refractivity contribution in [3.05, 3.63) is 24.3 Å². The van der Waals surface area contributed by atoms with E-state index in [4.69, 9.17) is 0 Å². The second kappa shape index (κ2) is 37.6. The van der Waals surface area contributed by atoms with E-state index in [1.54, 1.807) is 0 Å². The molecule has 0 radical (unpaired) electrons. The molecule has 0 aromatic carbocycles. The van der Waals surface area contributed by atoms with Gasteiger partial charge in [0.1, 0.15) is 0 Å². The van der Waals surface area contributed by atoms with Gasteiger partial charge in [-0.2, -0.15) is 0 Å². The maximum atomic E-state index is 12.0. The number of amides is 2. The molecule has 0 aliphatic carbocycles. The van der Waals surface area contributed by atoms with Crippen LogP contribution in [0.1, 0.15) is 206 Å². The molecule has 0 aromatic rings. The Hall–Kier alpha value is -1.58. The van der Waals surface area contributed by atoms with Gasteiger partial charge in [0.15, 0.2) is 0 Å². The summed E-state index contributed by atoms with van der Waals surface area (Å²) in [6, 6.07) is 0. The van der Waals surface area contributed by atoms with Gasteiger partial charge in [-0.25, -0.2) is 0 Å². The van der Waals surface area contributed by atoms with Crippen LogP contribution in [0.5, 0.6) is 0 Å². The summed E-state index contributed by atoms with van der Waals surface area (Å²) in [7, 11) is 0. The number of carbonyl (C=O) groups is 2. The van der Waals surface area contributed by atoms with Crippen LogP contribution in [0.4, 0.5) is 0 Å². The monoisotopic (exact) mass is 617 g/mol. The Morgan fingerprint density at radius 2 is 0.636 bits per heavy atom. The van der Waals surface area contributed by atoms with Crippen molar-refractivity contribution in [3.8, 4) is 0 Å². The van der Waals surface area contributed by atoms with Crippen LogP contribution in [-0.4, -0.2) is 24.9 Å². The number of rotatable bonds is 35. The summed E-state index contributed by atoms with van der Waals surface area (Å²) in [5, 5.41) is 6.08. The van der Waals surface area contributed by atoms with Crippen molar-refractivity contribution in [2.75, 3.05) is 13.1 Å². The zero-order chi connectivity index (χ0) is 32.0. The normalized spacial score (nSPS) is 11.6. The van der Waals surface area contributed by atoms with E-state index >= 15 is 0 Å². The Morgan fingerprint density at radius 3 is 0.955 bits per heavy atom. The molecule has 0 unspecified atom stereocenters. The molecule has 0 atom stereocenters. The average molecular weight is 617 g/mol. The zero-order valence-electron chi connectivity index (χ0n) is 29.8. The van der Waals surface area contributed by atoms with E-state index < -0.39 is 0 Å². The minimum atomic E-state index is 0.177. The first-order chi connectivity index (χ1) is 21.7. The Bertz CT molecular complexity index is 602. The summed E-state index contributed by atoms with van der Waals surface area (Å²) in [4.78, 5) is 24.1. The second-order valence-electron chi connectivity index (χ2n) is 13.1. The highest BCUT2D eigenvalue weighted by Gasteiger charge is 2.02. The van der Waals surface area contributed by atoms with Gasteiger partial charge < -0.3 is 10.6 Å². The van der Waals surface area contributed by atoms with Crippen LogP contribution in [0.25, 0.3) is 0 Å². The summed E-state index contributed by atoms with van der Waals surface area (Å²) in [6.07, 6.45) is 45.8. The van der Waals surface area contributed by atoms with Gasteiger partial charge in [-0.15, -0.1) is 0 Å². The fourth-order valence-corrected chi connectivity index (χ4v) is 5.59. The third kappa shape index (κ3) is 36.6. The molecule has 0 bridgehead atoms. The molecule has 4 heteroatoms. The van der Waals surface area contributed by atoms with Crippen molar-refractivity contribution in [2.45, 2.75) is 206 Å². The minimum Gasteiger partial charge on any atom is -0.356 e. The predicted octanol–water partition coefficient (Wildman–Crippen LogP) is 12.1. The van der Waals surface area contributed by atoms with Gasteiger partial charge >= 0.3 is 0 Å². The van der Waals surface area contributed by atoms with Crippen LogP contribution in [0.2, 0.25) is 0 Å². The lowest BCUT2D eigenvalue weighted by Crippen LogP contribution is -2.27. The number of hydrogen-bond donors (Lipinski definition) is 2. The molecule has 0 aromatic heterocycles. The molecule has 2 N–H and O–H groups in total. The first-order valence-electron chi connectivity index (χ1n) is 19.5. The second-order valence-corrected chi connectivity index (χ2v) is 13.1. The number of hydrogen-bond acceptors (Lipinski definition) is 2. The molecule has 0 fully saturated rings. The molecule has 44 heavy (non-hydrogen) atoms. The quantitative estimate of drug-likeness (QED) is 0.0549. The third-order valence-corrected chi connectivity index (χ3v) is 8.58. The summed E-state index contributed by atoms with van der Waals surface area (Å²) >= 11 is 0. The predicted molar refractivity (Wildman–Crippen MR) is 194 cm³/mol. The number of allylic oxidation sites excluding steroid dienone is 4. The van der Waals surface area contributed by atoms with Crippen LogP contribution in [-0.2, 0) is 9.59 Å². The number of nitrogens with one attached hydrogen (secondary N) is 2. The van der Waals surface area contributed by atoms with Crippen molar-refractivity contribution < 1.29 is 9.59 Å². The van der Waals surface area contributed by atoms with Crippen LogP contribution >= 0.6 is 0 Å². The first-order valence-corrected chi connectivity index (χ1v) is 19.5. The van der Waals surface area contributed by atoms with Crippen LogP contribution in [0, 0.1) is 0 Å². The minimum absolute atomic E-state index is 0.177. The third-order valence-electron chi connectivity index (χ3n) is 8.58. The topological polar surface area (TPSA) is 58.2 Å². The zero-order valence-corrected chi connectivity index (χ0v) is 29.8. The Morgan fingerprint density at radius 1 is 0.364 bits per heavy atom. The van der Waals surface area contributed by atoms with Gasteiger partial charge in [-0.1, -0.05) is 141 Å². The lowest BCUT2D eigenvalue weighted by molar-refractivity contribution is -0.122. The summed E-state index contributed by atoms with van der Waals surface area (Å²) in [5.74, 6) is 0.353. The summed E-state index contributed by atoms with van der Waals surface area (Å²) in [5.41, 5.74) is 0. The molecule has 0 spiro atoms. The Balaban J connectivity index is 3.32. The standard InChI is InChI=1S/C40H76N2O2/c1-3-5-7-9-11-13-15-17-19-21-23-25-27-29-31-35-39(43)41-37-33-34-38-42-40(44)36-32-30-28-26-24-22-20-18-16-14-12-10-8-6-4-2/h17-20H,3-16,21-38H2,1-2H3,(H,41,43)(H,42,44)/b19-17+,20-18+. The van der Waals surface area contributed by atoms with E-state index in [1.165, 1.54) is 141 Å². The van der Waals surface area contributed by atoms with Gasteiger partial charge in [0.2, 0.25) is 11.8 Å². The molecule has 4 nitrogen and oxygen atoms in total. The lowest BCUT2D eigenvalue weighted by Gasteiger charge is -2.07. The molecule has 0 rings (SSSR count). The van der Waals surface area contributed by atoms with E-state index in [1.807, 2.05) is 0 Å². The summed E-state index contributed by atoms with van der Waals surface area (Å²) < 4.78 is 0. The largest absolute Gasteiger partial charge is 0.356 e. The van der Waals surface area contributed by atoms with Crippen LogP contribution < -0.4 is 10.6 Å². The van der Waals surface area contributed by atoms with Gasteiger partial charge in [0.25, 0.3) is 0 Å². The summed E-state index contributed by atoms with van der Waals surface area (Å²) in [6.45, 7) is 5.98. The fourth-order valence-electron chi connectivity index (χ4n) is 5.59. The van der Waals surface area contributed by atoms with Crippen LogP contribution in [0.3, 0.4) is 0 Å². The molecule has 2 amide bonds. The maximum Gasteiger partial charge on any atom is 0.219 e. The van der Waals surface area contributed by atoms with Crippen molar-refractivity contribution in [2.24, 2.45) is 0 Å². The maximum absolute atomic E-state index is 12.0.